The molecule has 1 atom stereocenters. The van der Waals surface area contributed by atoms with E-state index in [0.717, 1.165) is 10.4 Å². The monoisotopic (exact) mass is 292 g/mol. The van der Waals surface area contributed by atoms with Crippen molar-refractivity contribution in [3.63, 3.8) is 0 Å². The van der Waals surface area contributed by atoms with E-state index in [-0.39, 0.29) is 11.8 Å². The number of aliphatic hydroxyl groups is 1. The Kier molecular flexibility index (Phi) is 4.84. The summed E-state index contributed by atoms with van der Waals surface area (Å²) < 4.78 is 0. The maximum Gasteiger partial charge on any atom is 0.269 e. The predicted molar refractivity (Wildman–Crippen MR) is 79.8 cm³/mol. The van der Waals surface area contributed by atoms with E-state index in [0.29, 0.717) is 13.1 Å². The van der Waals surface area contributed by atoms with Crippen molar-refractivity contribution in [1.82, 2.24) is 5.32 Å². The Morgan fingerprint density at radius 3 is 2.60 bits per heavy atom. The Hall–Kier alpha value is -1.76. The molecular formula is C14H16N2O3S. The molecule has 2 rings (SSSR count). The van der Waals surface area contributed by atoms with Crippen LogP contribution in [0.2, 0.25) is 0 Å². The minimum Gasteiger partial charge on any atom is -0.392 e. The van der Waals surface area contributed by atoms with Crippen molar-refractivity contribution in [3.8, 4) is 10.4 Å². The topological polar surface area (TPSA) is 75.4 Å². The maximum atomic E-state index is 10.6. The van der Waals surface area contributed by atoms with Crippen LogP contribution in [-0.4, -0.2) is 22.7 Å². The van der Waals surface area contributed by atoms with E-state index in [1.54, 1.807) is 30.4 Å². The summed E-state index contributed by atoms with van der Waals surface area (Å²) in [5, 5.41) is 22.9. The maximum absolute atomic E-state index is 10.6. The van der Waals surface area contributed by atoms with Gasteiger partial charge in [-0.05, 0) is 36.8 Å². The van der Waals surface area contributed by atoms with Crippen LogP contribution in [0.25, 0.3) is 10.4 Å². The molecule has 0 bridgehead atoms. The minimum absolute atomic E-state index is 0.101. The summed E-state index contributed by atoms with van der Waals surface area (Å²) in [5.74, 6) is 0. The molecule has 2 aromatic rings. The van der Waals surface area contributed by atoms with Crippen molar-refractivity contribution < 1.29 is 10.0 Å². The Morgan fingerprint density at radius 2 is 2.00 bits per heavy atom. The lowest BCUT2D eigenvalue weighted by Crippen LogP contribution is -2.23. The molecule has 0 fully saturated rings. The van der Waals surface area contributed by atoms with Crippen LogP contribution in [0, 0.1) is 10.1 Å². The van der Waals surface area contributed by atoms with Gasteiger partial charge in [-0.25, -0.2) is 0 Å². The summed E-state index contributed by atoms with van der Waals surface area (Å²) in [6.45, 7) is 3.01. The van der Waals surface area contributed by atoms with Crippen molar-refractivity contribution in [2.75, 3.05) is 6.54 Å². The van der Waals surface area contributed by atoms with E-state index >= 15 is 0 Å². The van der Waals surface area contributed by atoms with E-state index in [1.165, 1.54) is 17.0 Å². The summed E-state index contributed by atoms with van der Waals surface area (Å²) in [7, 11) is 0. The number of thiophene rings is 1. The Balaban J connectivity index is 2.02. The number of benzene rings is 1. The number of nitrogens with zero attached hydrogens (tertiary/aromatic N) is 1. The number of hydrogen-bond donors (Lipinski definition) is 2. The van der Waals surface area contributed by atoms with E-state index < -0.39 is 4.92 Å². The fourth-order valence-electron chi connectivity index (χ4n) is 1.78. The lowest BCUT2D eigenvalue weighted by atomic mass is 10.2. The van der Waals surface area contributed by atoms with Crippen molar-refractivity contribution in [2.45, 2.75) is 19.6 Å². The van der Waals surface area contributed by atoms with Crippen LogP contribution in [0.3, 0.4) is 0 Å². The normalized spacial score (nSPS) is 12.3. The zero-order chi connectivity index (χ0) is 14.5. The van der Waals surface area contributed by atoms with E-state index in [2.05, 4.69) is 5.32 Å². The molecule has 1 aromatic carbocycles. The second kappa shape index (κ2) is 6.60. The third-order valence-electron chi connectivity index (χ3n) is 2.76. The van der Waals surface area contributed by atoms with Gasteiger partial charge in [0.1, 0.15) is 0 Å². The smallest absolute Gasteiger partial charge is 0.269 e. The average Bonchev–Trinajstić information content (AvgIpc) is 2.87. The molecule has 5 nitrogen and oxygen atoms in total. The molecule has 0 aliphatic carbocycles. The van der Waals surface area contributed by atoms with Crippen molar-refractivity contribution >= 4 is 17.0 Å². The molecule has 0 aliphatic rings. The molecule has 1 heterocycles. The summed E-state index contributed by atoms with van der Waals surface area (Å²) in [5.41, 5.74) is 1.08. The fraction of sp³-hybridized carbons (Fsp3) is 0.286. The standard InChI is InChI=1S/C14H16N2O3S/c1-10(17)8-15-9-13-6-7-14(20-13)11-2-4-12(5-3-11)16(18)19/h2-7,10,15,17H,8-9H2,1H3. The van der Waals surface area contributed by atoms with Crippen LogP contribution in [0.5, 0.6) is 0 Å². The summed E-state index contributed by atoms with van der Waals surface area (Å²) in [6.07, 6.45) is -0.357. The van der Waals surface area contributed by atoms with Crippen molar-refractivity contribution in [2.24, 2.45) is 0 Å². The SMILES string of the molecule is CC(O)CNCc1ccc(-c2ccc([N+](=O)[O-])cc2)s1. The van der Waals surface area contributed by atoms with Gasteiger partial charge in [0.05, 0.1) is 11.0 Å². The molecule has 1 aromatic heterocycles. The van der Waals surface area contributed by atoms with Crippen LogP contribution < -0.4 is 5.32 Å². The zero-order valence-corrected chi connectivity index (χ0v) is 11.9. The number of rotatable bonds is 6. The number of hydrogen-bond acceptors (Lipinski definition) is 5. The third-order valence-corrected chi connectivity index (χ3v) is 3.90. The van der Waals surface area contributed by atoms with E-state index in [1.807, 2.05) is 12.1 Å². The van der Waals surface area contributed by atoms with Crippen LogP contribution in [0.1, 0.15) is 11.8 Å². The van der Waals surface area contributed by atoms with Crippen LogP contribution in [-0.2, 0) is 6.54 Å². The van der Waals surface area contributed by atoms with E-state index in [9.17, 15) is 15.2 Å². The van der Waals surface area contributed by atoms with Gasteiger partial charge in [-0.2, -0.15) is 0 Å². The highest BCUT2D eigenvalue weighted by atomic mass is 32.1. The van der Waals surface area contributed by atoms with Gasteiger partial charge in [0.2, 0.25) is 0 Å². The van der Waals surface area contributed by atoms with Gasteiger partial charge in [-0.1, -0.05) is 0 Å². The molecular weight excluding hydrogens is 276 g/mol. The predicted octanol–water partition coefficient (Wildman–Crippen LogP) is 2.79. The molecule has 0 aliphatic heterocycles. The third kappa shape index (κ3) is 3.86. The molecule has 0 radical (unpaired) electrons. The molecule has 20 heavy (non-hydrogen) atoms. The second-order valence-electron chi connectivity index (χ2n) is 4.55. The summed E-state index contributed by atoms with van der Waals surface area (Å²) >= 11 is 1.64. The van der Waals surface area contributed by atoms with Gasteiger partial charge in [-0.15, -0.1) is 11.3 Å². The second-order valence-corrected chi connectivity index (χ2v) is 5.72. The summed E-state index contributed by atoms with van der Waals surface area (Å²) in [4.78, 5) is 12.4. The number of aliphatic hydroxyl groups excluding tert-OH is 1. The number of non-ortho nitro benzene ring substituents is 1. The molecule has 0 spiro atoms. The molecule has 6 heteroatoms. The van der Waals surface area contributed by atoms with Gasteiger partial charge in [0.15, 0.2) is 0 Å². The molecule has 106 valence electrons. The van der Waals surface area contributed by atoms with Gasteiger partial charge in [-0.3, -0.25) is 10.1 Å². The van der Waals surface area contributed by atoms with Crippen molar-refractivity contribution in [1.29, 1.82) is 0 Å². The molecule has 0 saturated heterocycles. The highest BCUT2D eigenvalue weighted by molar-refractivity contribution is 7.15. The van der Waals surface area contributed by atoms with Crippen molar-refractivity contribution in [3.05, 3.63) is 51.4 Å². The van der Waals surface area contributed by atoms with Gasteiger partial charge in [0, 0.05) is 35.0 Å². The van der Waals surface area contributed by atoms with Crippen LogP contribution >= 0.6 is 11.3 Å². The lowest BCUT2D eigenvalue weighted by Gasteiger charge is -2.04. The number of nitro benzene ring substituents is 1. The summed E-state index contributed by atoms with van der Waals surface area (Å²) in [6, 6.07) is 10.6. The van der Waals surface area contributed by atoms with Gasteiger partial charge >= 0.3 is 0 Å². The first-order valence-corrected chi connectivity index (χ1v) is 7.10. The number of nitro groups is 1. The lowest BCUT2D eigenvalue weighted by molar-refractivity contribution is -0.384. The van der Waals surface area contributed by atoms with E-state index in [4.69, 9.17) is 0 Å². The largest absolute Gasteiger partial charge is 0.392 e. The highest BCUT2D eigenvalue weighted by Crippen LogP contribution is 2.29. The minimum atomic E-state index is -0.399. The molecule has 2 N–H and O–H groups in total. The van der Waals surface area contributed by atoms with Gasteiger partial charge < -0.3 is 10.4 Å². The van der Waals surface area contributed by atoms with Gasteiger partial charge in [0.25, 0.3) is 5.69 Å². The first-order chi connectivity index (χ1) is 9.56. The zero-order valence-electron chi connectivity index (χ0n) is 11.1. The van der Waals surface area contributed by atoms with Crippen LogP contribution in [0.4, 0.5) is 5.69 Å². The molecule has 1 unspecified atom stereocenters. The highest BCUT2D eigenvalue weighted by Gasteiger charge is 2.07. The first-order valence-electron chi connectivity index (χ1n) is 6.28. The average molecular weight is 292 g/mol. The molecule has 0 amide bonds. The number of nitrogens with one attached hydrogen (secondary N) is 1. The Bertz CT molecular complexity index is 578. The quantitative estimate of drug-likeness (QED) is 0.634. The first kappa shape index (κ1) is 14.6. The fourth-order valence-corrected chi connectivity index (χ4v) is 2.76. The van der Waals surface area contributed by atoms with Crippen LogP contribution in [0.15, 0.2) is 36.4 Å². The Morgan fingerprint density at radius 1 is 1.30 bits per heavy atom. The Labute approximate surface area is 121 Å². The molecule has 0 saturated carbocycles.